The number of nitrogens with zero attached hydrogens (tertiary/aromatic N) is 2. The molecule has 2 aromatic rings. The van der Waals surface area contributed by atoms with Crippen LogP contribution in [0.15, 0.2) is 16.5 Å². The molecule has 0 spiro atoms. The van der Waals surface area contributed by atoms with Crippen molar-refractivity contribution in [1.29, 1.82) is 0 Å². The Bertz CT molecular complexity index is 716. The number of aryl methyl sites for hydroxylation is 1. The van der Waals surface area contributed by atoms with Crippen molar-refractivity contribution in [1.82, 2.24) is 15.5 Å². The summed E-state index contributed by atoms with van der Waals surface area (Å²) < 4.78 is 5.33. The van der Waals surface area contributed by atoms with E-state index < -0.39 is 5.60 Å². The van der Waals surface area contributed by atoms with Gasteiger partial charge in [-0.25, -0.2) is 0 Å². The first-order valence-corrected chi connectivity index (χ1v) is 7.64. The minimum Gasteiger partial charge on any atom is -0.443 e. The summed E-state index contributed by atoms with van der Waals surface area (Å²) >= 11 is 1.47. The molecule has 0 saturated heterocycles. The summed E-state index contributed by atoms with van der Waals surface area (Å²) in [5.41, 5.74) is -1.11. The second-order valence-corrected chi connectivity index (χ2v) is 6.25. The Morgan fingerprint density at radius 2 is 2.14 bits per heavy atom. The molecular formula is C15H17N3O3S. The van der Waals surface area contributed by atoms with Gasteiger partial charge >= 0.3 is 0 Å². The van der Waals surface area contributed by atoms with Gasteiger partial charge in [-0.1, -0.05) is 24.2 Å². The lowest BCUT2D eigenvalue weighted by Gasteiger charge is -2.05. The van der Waals surface area contributed by atoms with Crippen molar-refractivity contribution in [2.24, 2.45) is 0 Å². The number of furan rings is 1. The summed E-state index contributed by atoms with van der Waals surface area (Å²) in [6, 6.07) is 3.13. The van der Waals surface area contributed by atoms with Crippen LogP contribution in [0.5, 0.6) is 0 Å². The first-order chi connectivity index (χ1) is 10.4. The van der Waals surface area contributed by atoms with Crippen molar-refractivity contribution >= 4 is 17.2 Å². The fourth-order valence-electron chi connectivity index (χ4n) is 1.49. The Labute approximate surface area is 132 Å². The number of carbonyl (C=O) groups is 1. The molecule has 0 fully saturated rings. The summed E-state index contributed by atoms with van der Waals surface area (Å²) in [6.45, 7) is 5.45. The third-order valence-corrected chi connectivity index (χ3v) is 3.60. The molecule has 0 aliphatic heterocycles. The van der Waals surface area contributed by atoms with Crippen LogP contribution < -0.4 is 5.32 Å². The molecule has 0 aliphatic carbocycles. The van der Waals surface area contributed by atoms with Gasteiger partial charge in [-0.15, -0.1) is 10.2 Å². The van der Waals surface area contributed by atoms with Gasteiger partial charge in [-0.3, -0.25) is 4.79 Å². The van der Waals surface area contributed by atoms with Crippen LogP contribution >= 0.6 is 11.3 Å². The van der Waals surface area contributed by atoms with Crippen molar-refractivity contribution in [3.05, 3.63) is 33.7 Å². The van der Waals surface area contributed by atoms with Crippen LogP contribution in [0.4, 0.5) is 0 Å². The molecule has 22 heavy (non-hydrogen) atoms. The van der Waals surface area contributed by atoms with E-state index in [-0.39, 0.29) is 11.7 Å². The Balaban J connectivity index is 1.95. The molecule has 0 unspecified atom stereocenters. The van der Waals surface area contributed by atoms with Crippen LogP contribution in [0.2, 0.25) is 0 Å². The summed E-state index contributed by atoms with van der Waals surface area (Å²) in [5.74, 6) is 5.45. The van der Waals surface area contributed by atoms with Crippen LogP contribution in [0.3, 0.4) is 0 Å². The monoisotopic (exact) mass is 319 g/mol. The summed E-state index contributed by atoms with van der Waals surface area (Å²) in [6.07, 6.45) is 0.826. The zero-order valence-corrected chi connectivity index (χ0v) is 13.5. The number of amides is 1. The maximum absolute atomic E-state index is 12.0. The van der Waals surface area contributed by atoms with Gasteiger partial charge < -0.3 is 14.8 Å². The number of carbonyl (C=O) groups excluding carboxylic acids is 1. The zero-order chi connectivity index (χ0) is 16.2. The van der Waals surface area contributed by atoms with Crippen LogP contribution in [0, 0.1) is 11.8 Å². The van der Waals surface area contributed by atoms with Crippen LogP contribution in [0.1, 0.15) is 47.1 Å². The van der Waals surface area contributed by atoms with Crippen molar-refractivity contribution in [2.75, 3.05) is 0 Å². The SMILES string of the molecule is CCc1nnc(CNC(=O)c2ccc(C#CC(C)(C)O)o2)s1. The highest BCUT2D eigenvalue weighted by Crippen LogP contribution is 2.11. The fraction of sp³-hybridized carbons (Fsp3) is 0.400. The number of hydrogen-bond donors (Lipinski definition) is 2. The highest BCUT2D eigenvalue weighted by Gasteiger charge is 2.12. The molecule has 2 N–H and O–H groups in total. The molecule has 2 heterocycles. The van der Waals surface area contributed by atoms with E-state index in [0.717, 1.165) is 16.4 Å². The maximum atomic E-state index is 12.0. The lowest BCUT2D eigenvalue weighted by atomic mass is 10.1. The Morgan fingerprint density at radius 3 is 2.77 bits per heavy atom. The summed E-state index contributed by atoms with van der Waals surface area (Å²) in [7, 11) is 0. The number of aromatic nitrogens is 2. The molecular weight excluding hydrogens is 302 g/mol. The normalized spacial score (nSPS) is 10.9. The Kier molecular flexibility index (Phi) is 4.96. The number of rotatable bonds is 4. The summed E-state index contributed by atoms with van der Waals surface area (Å²) in [5, 5.41) is 21.9. The van der Waals surface area contributed by atoms with Gasteiger partial charge in [0.1, 0.15) is 15.6 Å². The van der Waals surface area contributed by atoms with Gasteiger partial charge in [0.2, 0.25) is 0 Å². The standard InChI is InChI=1S/C15H17N3O3S/c1-4-12-17-18-13(22-12)9-16-14(19)11-6-5-10(21-11)7-8-15(2,3)20/h5-6,20H,4,9H2,1-3H3,(H,16,19). The quantitative estimate of drug-likeness (QED) is 0.838. The van der Waals surface area contributed by atoms with Crippen LogP contribution in [-0.4, -0.2) is 26.8 Å². The Morgan fingerprint density at radius 1 is 1.41 bits per heavy atom. The fourth-order valence-corrected chi connectivity index (χ4v) is 2.21. The number of hydrogen-bond acceptors (Lipinski definition) is 6. The van der Waals surface area contributed by atoms with Gasteiger partial charge in [-0.05, 0) is 38.3 Å². The third-order valence-electron chi connectivity index (χ3n) is 2.53. The maximum Gasteiger partial charge on any atom is 0.287 e. The van der Waals surface area contributed by atoms with E-state index in [1.807, 2.05) is 6.92 Å². The van der Waals surface area contributed by atoms with E-state index in [2.05, 4.69) is 27.4 Å². The smallest absolute Gasteiger partial charge is 0.287 e. The second-order valence-electron chi connectivity index (χ2n) is 5.10. The van der Waals surface area contributed by atoms with E-state index in [9.17, 15) is 9.90 Å². The summed E-state index contributed by atoms with van der Waals surface area (Å²) in [4.78, 5) is 12.0. The topological polar surface area (TPSA) is 88.2 Å². The largest absolute Gasteiger partial charge is 0.443 e. The third kappa shape index (κ3) is 4.69. The molecule has 1 amide bonds. The molecule has 0 aliphatic rings. The number of aliphatic hydroxyl groups is 1. The lowest BCUT2D eigenvalue weighted by Crippen LogP contribution is -2.22. The first kappa shape index (κ1) is 16.2. The van der Waals surface area contributed by atoms with Crippen molar-refractivity contribution in [2.45, 2.75) is 39.3 Å². The minimum atomic E-state index is -1.11. The van der Waals surface area contributed by atoms with Crippen LogP contribution in [0.25, 0.3) is 0 Å². The predicted octanol–water partition coefficient (Wildman–Crippen LogP) is 1.75. The predicted molar refractivity (Wildman–Crippen MR) is 82.3 cm³/mol. The van der Waals surface area contributed by atoms with Crippen molar-refractivity contribution in [3.63, 3.8) is 0 Å². The van der Waals surface area contributed by atoms with Crippen molar-refractivity contribution < 1.29 is 14.3 Å². The van der Waals surface area contributed by atoms with E-state index >= 15 is 0 Å². The van der Waals surface area contributed by atoms with Gasteiger partial charge in [-0.2, -0.15) is 0 Å². The van der Waals surface area contributed by atoms with E-state index in [0.29, 0.717) is 12.3 Å². The van der Waals surface area contributed by atoms with E-state index in [1.165, 1.54) is 11.3 Å². The average Bonchev–Trinajstić information content (AvgIpc) is 3.11. The molecule has 0 radical (unpaired) electrons. The molecule has 7 heteroatoms. The second kappa shape index (κ2) is 6.73. The molecule has 0 aromatic carbocycles. The molecule has 116 valence electrons. The molecule has 6 nitrogen and oxygen atoms in total. The molecule has 0 saturated carbocycles. The molecule has 0 bridgehead atoms. The molecule has 2 rings (SSSR count). The zero-order valence-electron chi connectivity index (χ0n) is 12.6. The van der Waals surface area contributed by atoms with E-state index in [1.54, 1.807) is 26.0 Å². The first-order valence-electron chi connectivity index (χ1n) is 6.82. The average molecular weight is 319 g/mol. The van der Waals surface area contributed by atoms with Gasteiger partial charge in [0.05, 0.1) is 6.54 Å². The minimum absolute atomic E-state index is 0.167. The Hall–Kier alpha value is -2.17. The molecule has 2 aromatic heterocycles. The highest BCUT2D eigenvalue weighted by molar-refractivity contribution is 7.11. The van der Waals surface area contributed by atoms with Gasteiger partial charge in [0.25, 0.3) is 5.91 Å². The van der Waals surface area contributed by atoms with E-state index in [4.69, 9.17) is 4.42 Å². The van der Waals surface area contributed by atoms with Crippen molar-refractivity contribution in [3.8, 4) is 11.8 Å². The number of nitrogens with one attached hydrogen (secondary N) is 1. The highest BCUT2D eigenvalue weighted by atomic mass is 32.1. The van der Waals surface area contributed by atoms with Gasteiger partial charge in [0, 0.05) is 0 Å². The lowest BCUT2D eigenvalue weighted by molar-refractivity contribution is 0.0922. The molecule has 0 atom stereocenters. The van der Waals surface area contributed by atoms with Crippen LogP contribution in [-0.2, 0) is 13.0 Å². The van der Waals surface area contributed by atoms with Gasteiger partial charge in [0.15, 0.2) is 11.5 Å².